The van der Waals surface area contributed by atoms with Crippen LogP contribution in [0.1, 0.15) is 28.4 Å². The summed E-state index contributed by atoms with van der Waals surface area (Å²) in [6.07, 6.45) is 0. The van der Waals surface area contributed by atoms with Crippen LogP contribution in [0.4, 0.5) is 11.4 Å². The number of aryl methyl sites for hydroxylation is 1. The molecule has 0 unspecified atom stereocenters. The van der Waals surface area contributed by atoms with Gasteiger partial charge < -0.3 is 15.8 Å². The maximum Gasteiger partial charge on any atom is 0.340 e. The van der Waals surface area contributed by atoms with Gasteiger partial charge in [0.05, 0.1) is 23.5 Å². The van der Waals surface area contributed by atoms with Crippen LogP contribution < -0.4 is 11.1 Å². The molecule has 0 bridgehead atoms. The Bertz CT molecular complexity index is 608. The van der Waals surface area contributed by atoms with E-state index in [1.807, 2.05) is 0 Å². The van der Waals surface area contributed by atoms with Gasteiger partial charge in [0.1, 0.15) is 0 Å². The highest BCUT2D eigenvalue weighted by atomic mass is 32.1. The van der Waals surface area contributed by atoms with Gasteiger partial charge in [0.15, 0.2) is 0 Å². The van der Waals surface area contributed by atoms with Crippen LogP contribution in [0.15, 0.2) is 29.0 Å². The van der Waals surface area contributed by atoms with Crippen LogP contribution in [0.5, 0.6) is 0 Å². The van der Waals surface area contributed by atoms with Crippen LogP contribution in [-0.4, -0.2) is 12.6 Å². The molecule has 2 rings (SSSR count). The second-order valence-electron chi connectivity index (χ2n) is 4.42. The first-order chi connectivity index (χ1) is 9.63. The summed E-state index contributed by atoms with van der Waals surface area (Å²) in [4.78, 5) is 11.9. The van der Waals surface area contributed by atoms with Crippen molar-refractivity contribution in [3.63, 3.8) is 0 Å². The van der Waals surface area contributed by atoms with Crippen molar-refractivity contribution < 1.29 is 9.53 Å². The Morgan fingerprint density at radius 2 is 2.20 bits per heavy atom. The van der Waals surface area contributed by atoms with E-state index in [1.54, 1.807) is 36.5 Å². The van der Waals surface area contributed by atoms with Crippen LogP contribution >= 0.6 is 11.3 Å². The number of carbonyl (C=O) groups is 1. The van der Waals surface area contributed by atoms with Crippen LogP contribution in [0.25, 0.3) is 0 Å². The Balaban J connectivity index is 2.22. The highest BCUT2D eigenvalue weighted by Gasteiger charge is 2.14. The average Bonchev–Trinajstić information content (AvgIpc) is 2.83. The first kappa shape index (κ1) is 14.4. The van der Waals surface area contributed by atoms with Gasteiger partial charge in [-0.2, -0.15) is 11.3 Å². The molecule has 0 atom stereocenters. The van der Waals surface area contributed by atoms with Crippen molar-refractivity contribution in [3.05, 3.63) is 45.6 Å². The molecule has 0 fully saturated rings. The number of hydrogen-bond donors (Lipinski definition) is 2. The molecule has 0 radical (unpaired) electrons. The van der Waals surface area contributed by atoms with Gasteiger partial charge in [0.25, 0.3) is 0 Å². The van der Waals surface area contributed by atoms with Crippen LogP contribution in [-0.2, 0) is 11.3 Å². The Morgan fingerprint density at radius 1 is 1.40 bits per heavy atom. The number of nitrogen functional groups attached to an aromatic ring is 1. The molecular weight excluding hydrogens is 272 g/mol. The first-order valence-corrected chi connectivity index (χ1v) is 7.39. The van der Waals surface area contributed by atoms with Crippen molar-refractivity contribution in [1.82, 2.24) is 0 Å². The molecule has 0 saturated heterocycles. The molecule has 0 aliphatic heterocycles. The lowest BCUT2D eigenvalue weighted by Gasteiger charge is -2.13. The van der Waals surface area contributed by atoms with E-state index >= 15 is 0 Å². The molecule has 4 nitrogen and oxygen atoms in total. The third-order valence-electron chi connectivity index (χ3n) is 3.01. The number of nitrogens with one attached hydrogen (secondary N) is 1. The zero-order valence-corrected chi connectivity index (χ0v) is 12.4. The van der Waals surface area contributed by atoms with Gasteiger partial charge >= 0.3 is 5.97 Å². The lowest BCUT2D eigenvalue weighted by molar-refractivity contribution is 0.0527. The number of hydrogen-bond acceptors (Lipinski definition) is 5. The summed E-state index contributed by atoms with van der Waals surface area (Å²) < 4.78 is 5.05. The topological polar surface area (TPSA) is 64.3 Å². The number of para-hydroxylation sites is 1. The quantitative estimate of drug-likeness (QED) is 0.654. The molecule has 2 aromatic rings. The second kappa shape index (κ2) is 6.43. The van der Waals surface area contributed by atoms with Crippen molar-refractivity contribution in [3.8, 4) is 0 Å². The highest BCUT2D eigenvalue weighted by Crippen LogP contribution is 2.26. The molecule has 5 heteroatoms. The third kappa shape index (κ3) is 3.11. The standard InChI is InChI=1S/C15H18N2O2S/c1-3-19-15(18)12-5-4-6-13(16)14(12)17-7-11-9-20-8-10(11)2/h4-6,8-9,17H,3,7,16H2,1-2H3. The van der Waals surface area contributed by atoms with Gasteiger partial charge in [-0.3, -0.25) is 0 Å². The summed E-state index contributed by atoms with van der Waals surface area (Å²) in [5, 5.41) is 7.43. The molecule has 0 amide bonds. The molecule has 1 aromatic carbocycles. The van der Waals surface area contributed by atoms with E-state index < -0.39 is 0 Å². The van der Waals surface area contributed by atoms with Crippen LogP contribution in [0.3, 0.4) is 0 Å². The van der Waals surface area contributed by atoms with Crippen molar-refractivity contribution >= 4 is 28.7 Å². The fourth-order valence-electron chi connectivity index (χ4n) is 1.90. The summed E-state index contributed by atoms with van der Waals surface area (Å²) in [5.74, 6) is -0.357. The van der Waals surface area contributed by atoms with E-state index in [9.17, 15) is 4.79 Å². The van der Waals surface area contributed by atoms with E-state index in [1.165, 1.54) is 11.1 Å². The highest BCUT2D eigenvalue weighted by molar-refractivity contribution is 7.08. The van der Waals surface area contributed by atoms with E-state index in [-0.39, 0.29) is 5.97 Å². The fraction of sp³-hybridized carbons (Fsp3) is 0.267. The number of ether oxygens (including phenoxy) is 1. The Hall–Kier alpha value is -2.01. The van der Waals surface area contributed by atoms with Crippen molar-refractivity contribution in [1.29, 1.82) is 0 Å². The van der Waals surface area contributed by atoms with Crippen molar-refractivity contribution in [2.45, 2.75) is 20.4 Å². The number of nitrogens with two attached hydrogens (primary N) is 1. The number of carbonyl (C=O) groups excluding carboxylic acids is 1. The molecule has 3 N–H and O–H groups in total. The molecule has 1 heterocycles. The molecule has 0 aliphatic rings. The molecule has 1 aromatic heterocycles. The van der Waals surface area contributed by atoms with Crippen molar-refractivity contribution in [2.75, 3.05) is 17.7 Å². The normalized spacial score (nSPS) is 10.3. The summed E-state index contributed by atoms with van der Waals surface area (Å²) in [6, 6.07) is 5.24. The predicted molar refractivity (Wildman–Crippen MR) is 83.2 cm³/mol. The van der Waals surface area contributed by atoms with Gasteiger partial charge in [0.2, 0.25) is 0 Å². The summed E-state index contributed by atoms with van der Waals surface area (Å²) in [7, 11) is 0. The van der Waals surface area contributed by atoms with Gasteiger partial charge in [-0.15, -0.1) is 0 Å². The second-order valence-corrected chi connectivity index (χ2v) is 5.17. The number of anilines is 2. The Labute approximate surface area is 122 Å². The maximum absolute atomic E-state index is 11.9. The minimum absolute atomic E-state index is 0.344. The number of rotatable bonds is 5. The molecule has 0 aliphatic carbocycles. The number of thiophene rings is 1. The number of benzene rings is 1. The molecule has 20 heavy (non-hydrogen) atoms. The van der Waals surface area contributed by atoms with E-state index in [4.69, 9.17) is 10.5 Å². The minimum Gasteiger partial charge on any atom is -0.462 e. The smallest absolute Gasteiger partial charge is 0.340 e. The molecule has 0 saturated carbocycles. The largest absolute Gasteiger partial charge is 0.462 e. The average molecular weight is 290 g/mol. The molecular formula is C15H18N2O2S. The van der Waals surface area contributed by atoms with Crippen molar-refractivity contribution in [2.24, 2.45) is 0 Å². The summed E-state index contributed by atoms with van der Waals surface area (Å²) in [5.41, 5.74) is 10.1. The lowest BCUT2D eigenvalue weighted by Crippen LogP contribution is -2.11. The van der Waals surface area contributed by atoms with Gasteiger partial charge in [0, 0.05) is 6.54 Å². The monoisotopic (exact) mass is 290 g/mol. The van der Waals surface area contributed by atoms with E-state index in [0.717, 1.165) is 0 Å². The molecule has 106 valence electrons. The van der Waals surface area contributed by atoms with Crippen LogP contribution in [0, 0.1) is 6.92 Å². The van der Waals surface area contributed by atoms with Crippen LogP contribution in [0.2, 0.25) is 0 Å². The Morgan fingerprint density at radius 3 is 2.85 bits per heavy atom. The summed E-state index contributed by atoms with van der Waals surface area (Å²) >= 11 is 1.66. The third-order valence-corrected chi connectivity index (χ3v) is 3.92. The number of esters is 1. The SMILES string of the molecule is CCOC(=O)c1cccc(N)c1NCc1cscc1C. The zero-order valence-electron chi connectivity index (χ0n) is 11.6. The molecule has 0 spiro atoms. The van der Waals surface area contributed by atoms with Gasteiger partial charge in [-0.1, -0.05) is 6.07 Å². The van der Waals surface area contributed by atoms with E-state index in [0.29, 0.717) is 30.1 Å². The fourth-order valence-corrected chi connectivity index (χ4v) is 2.75. The zero-order chi connectivity index (χ0) is 14.5. The first-order valence-electron chi connectivity index (χ1n) is 6.44. The predicted octanol–water partition coefficient (Wildman–Crippen LogP) is 3.43. The van der Waals surface area contributed by atoms with Gasteiger partial charge in [-0.25, -0.2) is 4.79 Å². The Kier molecular flexibility index (Phi) is 4.63. The van der Waals surface area contributed by atoms with E-state index in [2.05, 4.69) is 23.0 Å². The summed E-state index contributed by atoms with van der Waals surface area (Å²) in [6.45, 7) is 4.83. The van der Waals surface area contributed by atoms with Gasteiger partial charge in [-0.05, 0) is 47.9 Å². The lowest BCUT2D eigenvalue weighted by atomic mass is 10.1. The minimum atomic E-state index is -0.357. The maximum atomic E-state index is 11.9.